The lowest BCUT2D eigenvalue weighted by atomic mass is 10.0. The average molecular weight is 284 g/mol. The molecule has 0 saturated carbocycles. The molecule has 0 radical (unpaired) electrons. The van der Waals surface area contributed by atoms with Gasteiger partial charge in [0.05, 0.1) is 6.04 Å². The Balaban J connectivity index is 2.98. The van der Waals surface area contributed by atoms with E-state index in [9.17, 15) is 0 Å². The highest BCUT2D eigenvalue weighted by Crippen LogP contribution is 2.28. The number of nitrogens with two attached hydrogens (primary N) is 2. The minimum atomic E-state index is -0.102. The van der Waals surface area contributed by atoms with Gasteiger partial charge in [-0.25, -0.2) is 11.0 Å². The second kappa shape index (κ2) is 7.33. The van der Waals surface area contributed by atoms with Crippen molar-refractivity contribution in [1.82, 2.24) is 10.0 Å². The molecular weight excluding hydrogens is 262 g/mol. The molecule has 0 heterocycles. The second-order valence-electron chi connectivity index (χ2n) is 4.75. The Morgan fingerprint density at radius 2 is 2.00 bits per heavy atom. The second-order valence-corrected chi connectivity index (χ2v) is 5.16. The van der Waals surface area contributed by atoms with Gasteiger partial charge < -0.3 is 10.6 Å². The summed E-state index contributed by atoms with van der Waals surface area (Å²) in [6, 6.07) is 7.55. The van der Waals surface area contributed by atoms with Crippen LogP contribution in [0.4, 0.5) is 0 Å². The maximum Gasteiger partial charge on any atom is 0.118 e. The summed E-state index contributed by atoms with van der Waals surface area (Å²) in [5.41, 5.74) is 6.55. The van der Waals surface area contributed by atoms with E-state index in [2.05, 4.69) is 10.0 Å². The van der Waals surface area contributed by atoms with E-state index in [1.165, 1.54) is 5.12 Å². The molecule has 1 unspecified atom stereocenters. The predicted octanol–water partition coefficient (Wildman–Crippen LogP) is 1.80. The highest BCUT2D eigenvalue weighted by molar-refractivity contribution is 6.31. The summed E-state index contributed by atoms with van der Waals surface area (Å²) in [4.78, 5) is 2.09. The molecule has 0 aliphatic carbocycles. The van der Waals surface area contributed by atoms with Crippen LogP contribution in [-0.2, 0) is 0 Å². The third-order valence-electron chi connectivity index (χ3n) is 2.71. The summed E-state index contributed by atoms with van der Waals surface area (Å²) < 4.78 is 0. The zero-order valence-corrected chi connectivity index (χ0v) is 12.4. The van der Waals surface area contributed by atoms with E-state index in [-0.39, 0.29) is 6.04 Å². The van der Waals surface area contributed by atoms with Crippen molar-refractivity contribution in [2.24, 2.45) is 16.7 Å². The normalized spacial score (nSPS) is 13.7. The SMILES string of the molecule is C/C(N)=N/N(N)C(CCN(C)C)c1ccccc1Cl. The monoisotopic (exact) mass is 283 g/mol. The molecule has 0 amide bonds. The molecule has 19 heavy (non-hydrogen) atoms. The quantitative estimate of drug-likeness (QED) is 0.361. The van der Waals surface area contributed by atoms with E-state index < -0.39 is 0 Å². The smallest absolute Gasteiger partial charge is 0.118 e. The summed E-state index contributed by atoms with van der Waals surface area (Å²) in [6.45, 7) is 2.58. The Morgan fingerprint density at radius 1 is 1.37 bits per heavy atom. The van der Waals surface area contributed by atoms with Gasteiger partial charge in [0, 0.05) is 5.02 Å². The third-order valence-corrected chi connectivity index (χ3v) is 3.05. The van der Waals surface area contributed by atoms with Gasteiger partial charge in [0.2, 0.25) is 0 Å². The van der Waals surface area contributed by atoms with Crippen LogP contribution in [0.1, 0.15) is 24.9 Å². The Labute approximate surface area is 119 Å². The van der Waals surface area contributed by atoms with Crippen LogP contribution in [0.5, 0.6) is 0 Å². The van der Waals surface area contributed by atoms with E-state index in [0.717, 1.165) is 18.5 Å². The van der Waals surface area contributed by atoms with Crippen LogP contribution in [0.2, 0.25) is 5.02 Å². The number of rotatable bonds is 6. The maximum atomic E-state index is 6.24. The van der Waals surface area contributed by atoms with Gasteiger partial charge in [-0.3, -0.25) is 0 Å². The first kappa shape index (κ1) is 15.8. The summed E-state index contributed by atoms with van der Waals surface area (Å²) in [6.07, 6.45) is 0.810. The predicted molar refractivity (Wildman–Crippen MR) is 80.7 cm³/mol. The standard InChI is InChI=1S/C13H22ClN5/c1-10(15)17-19(16)13(8-9-18(2)3)11-6-4-5-7-12(11)14/h4-7,13H,8-9,16H2,1-3H3,(H2,15,17). The number of benzene rings is 1. The molecule has 6 heteroatoms. The lowest BCUT2D eigenvalue weighted by Gasteiger charge is -2.27. The first-order valence-electron chi connectivity index (χ1n) is 6.15. The fourth-order valence-electron chi connectivity index (χ4n) is 1.81. The van der Waals surface area contributed by atoms with Crippen molar-refractivity contribution in [2.75, 3.05) is 20.6 Å². The Kier molecular flexibility index (Phi) is 6.08. The van der Waals surface area contributed by atoms with Crippen molar-refractivity contribution in [3.63, 3.8) is 0 Å². The average Bonchev–Trinajstić information content (AvgIpc) is 2.30. The zero-order valence-electron chi connectivity index (χ0n) is 11.7. The number of halogens is 1. The van der Waals surface area contributed by atoms with E-state index in [4.69, 9.17) is 23.2 Å². The molecule has 1 aromatic rings. The lowest BCUT2D eigenvalue weighted by Crippen LogP contribution is -2.34. The fraction of sp³-hybridized carbons (Fsp3) is 0.462. The molecule has 0 aliphatic heterocycles. The van der Waals surface area contributed by atoms with Crippen molar-refractivity contribution < 1.29 is 0 Å². The molecule has 4 N–H and O–H groups in total. The van der Waals surface area contributed by atoms with Crippen molar-refractivity contribution in [1.29, 1.82) is 0 Å². The fourth-order valence-corrected chi connectivity index (χ4v) is 2.07. The minimum Gasteiger partial charge on any atom is -0.386 e. The lowest BCUT2D eigenvalue weighted by molar-refractivity contribution is 0.186. The minimum absolute atomic E-state index is 0.102. The number of hydrazone groups is 1. The molecule has 106 valence electrons. The summed E-state index contributed by atoms with van der Waals surface area (Å²) >= 11 is 6.24. The topological polar surface area (TPSA) is 70.9 Å². The molecule has 0 aromatic heterocycles. The summed E-state index contributed by atoms with van der Waals surface area (Å²) in [7, 11) is 4.03. The number of nitrogens with zero attached hydrogens (tertiary/aromatic N) is 3. The molecule has 0 spiro atoms. The molecule has 0 saturated heterocycles. The van der Waals surface area contributed by atoms with E-state index in [0.29, 0.717) is 10.9 Å². The molecule has 0 aliphatic rings. The maximum absolute atomic E-state index is 6.24. The highest BCUT2D eigenvalue weighted by atomic mass is 35.5. The molecule has 1 aromatic carbocycles. The Bertz CT molecular complexity index is 429. The van der Waals surface area contributed by atoms with E-state index in [1.54, 1.807) is 6.92 Å². The van der Waals surface area contributed by atoms with Crippen LogP contribution < -0.4 is 11.6 Å². The van der Waals surface area contributed by atoms with Crippen LogP contribution in [0.15, 0.2) is 29.4 Å². The van der Waals surface area contributed by atoms with Gasteiger partial charge in [-0.05, 0) is 45.6 Å². The van der Waals surface area contributed by atoms with Crippen LogP contribution in [0, 0.1) is 0 Å². The van der Waals surface area contributed by atoms with Crippen LogP contribution >= 0.6 is 11.6 Å². The van der Waals surface area contributed by atoms with Crippen molar-refractivity contribution in [3.8, 4) is 0 Å². The largest absolute Gasteiger partial charge is 0.386 e. The van der Waals surface area contributed by atoms with Gasteiger partial charge in [0.15, 0.2) is 0 Å². The first-order chi connectivity index (χ1) is 8.91. The van der Waals surface area contributed by atoms with Crippen molar-refractivity contribution in [2.45, 2.75) is 19.4 Å². The van der Waals surface area contributed by atoms with Gasteiger partial charge in [-0.2, -0.15) is 0 Å². The Morgan fingerprint density at radius 3 is 2.53 bits per heavy atom. The van der Waals surface area contributed by atoms with Crippen LogP contribution in [0.3, 0.4) is 0 Å². The zero-order chi connectivity index (χ0) is 14.4. The van der Waals surface area contributed by atoms with Gasteiger partial charge in [-0.15, -0.1) is 5.10 Å². The number of amidine groups is 1. The summed E-state index contributed by atoms with van der Waals surface area (Å²) in [5, 5.41) is 6.18. The molecule has 0 bridgehead atoms. The summed E-state index contributed by atoms with van der Waals surface area (Å²) in [5.74, 6) is 6.42. The van der Waals surface area contributed by atoms with E-state index in [1.807, 2.05) is 38.4 Å². The third kappa shape index (κ3) is 5.06. The highest BCUT2D eigenvalue weighted by Gasteiger charge is 2.19. The number of hydrogen-bond donors (Lipinski definition) is 2. The van der Waals surface area contributed by atoms with Gasteiger partial charge in [0.1, 0.15) is 5.84 Å². The molecule has 1 atom stereocenters. The molecule has 5 nitrogen and oxygen atoms in total. The molecule has 1 rings (SSSR count). The number of hydrazine groups is 1. The Hall–Kier alpha value is -1.30. The first-order valence-corrected chi connectivity index (χ1v) is 6.53. The van der Waals surface area contributed by atoms with Gasteiger partial charge >= 0.3 is 0 Å². The van der Waals surface area contributed by atoms with Gasteiger partial charge in [0.25, 0.3) is 0 Å². The van der Waals surface area contributed by atoms with Crippen LogP contribution in [-0.4, -0.2) is 36.5 Å². The molecular formula is C13H22ClN5. The van der Waals surface area contributed by atoms with E-state index >= 15 is 0 Å². The van der Waals surface area contributed by atoms with Crippen LogP contribution in [0.25, 0.3) is 0 Å². The number of hydrogen-bond acceptors (Lipinski definition) is 4. The van der Waals surface area contributed by atoms with Crippen molar-refractivity contribution in [3.05, 3.63) is 34.9 Å². The van der Waals surface area contributed by atoms with Gasteiger partial charge in [-0.1, -0.05) is 29.8 Å². The molecule has 0 fully saturated rings. The van der Waals surface area contributed by atoms with Crippen molar-refractivity contribution >= 4 is 17.4 Å².